The summed E-state index contributed by atoms with van der Waals surface area (Å²) in [5, 5.41) is 14.8. The zero-order valence-electron chi connectivity index (χ0n) is 3.03. The molecule has 0 radical (unpaired) electrons. The fraction of sp³-hybridized carbons (Fsp3) is 0. The summed E-state index contributed by atoms with van der Waals surface area (Å²) < 4.78 is 0. The van der Waals surface area contributed by atoms with Crippen LogP contribution in [0, 0.1) is 15.3 Å². The summed E-state index contributed by atoms with van der Waals surface area (Å²) in [6.45, 7) is 0. The number of nitrogens with zero attached hydrogens (tertiary/aromatic N) is 1. The van der Waals surface area contributed by atoms with E-state index in [4.69, 9.17) is 15.3 Å². The van der Waals surface area contributed by atoms with Crippen molar-refractivity contribution in [2.75, 3.05) is 0 Å². The molecule has 4 N–H and O–H groups in total. The Morgan fingerprint density at radius 3 is 1.33 bits per heavy atom. The van der Waals surface area contributed by atoms with Gasteiger partial charge >= 0.3 is 19.5 Å². The van der Waals surface area contributed by atoms with Crippen molar-refractivity contribution in [3.05, 3.63) is 15.3 Å². The van der Waals surface area contributed by atoms with Crippen molar-refractivity contribution in [3.63, 3.8) is 0 Å². The number of hydrogen-bond acceptors (Lipinski definition) is 3. The molecule has 0 atom stereocenters. The third-order valence-electron chi connectivity index (χ3n) is 0. The molecule has 0 aromatic carbocycles. The van der Waals surface area contributed by atoms with Crippen molar-refractivity contribution in [2.45, 2.75) is 0 Å². The van der Waals surface area contributed by atoms with Gasteiger partial charge < -0.3 is 21.5 Å². The second-order valence-corrected chi connectivity index (χ2v) is 0.224. The second-order valence-electron chi connectivity index (χ2n) is 0.224. The van der Waals surface area contributed by atoms with Crippen LogP contribution in [0.2, 0.25) is 0 Å². The van der Waals surface area contributed by atoms with E-state index in [-0.39, 0.29) is 25.6 Å². The Morgan fingerprint density at radius 1 is 1.33 bits per heavy atom. The molecule has 0 spiro atoms. The van der Waals surface area contributed by atoms with Crippen molar-refractivity contribution >= 4 is 0 Å². The molecule has 0 rings (SSSR count). The maximum Gasteiger partial charge on any atom is 2.00 e. The van der Waals surface area contributed by atoms with Gasteiger partial charge in [0.25, 0.3) is 0 Å². The molecule has 6 heteroatoms. The Balaban J connectivity index is -0.0000000450. The smallest absolute Gasteiger partial charge is 0.369 e. The van der Waals surface area contributed by atoms with E-state index < -0.39 is 5.09 Å². The minimum atomic E-state index is -1.75. The van der Waals surface area contributed by atoms with Gasteiger partial charge in [0, 0.05) is 0 Å². The van der Waals surface area contributed by atoms with Crippen LogP contribution in [-0.2, 0) is 19.5 Å². The van der Waals surface area contributed by atoms with E-state index in [1.165, 1.54) is 0 Å². The average molecular weight is 181 g/mol. The van der Waals surface area contributed by atoms with Crippen molar-refractivity contribution in [3.8, 4) is 0 Å². The first-order chi connectivity index (χ1) is 1.73. The predicted molar refractivity (Wildman–Crippen MR) is 16.3 cm³/mol. The zero-order valence-corrected chi connectivity index (χ0v) is 4.76. The van der Waals surface area contributed by atoms with Gasteiger partial charge in [-0.1, -0.05) is 0 Å². The third kappa shape index (κ3) is 625. The molecule has 0 aliphatic carbocycles. The van der Waals surface area contributed by atoms with Crippen molar-refractivity contribution in [2.24, 2.45) is 0 Å². The Hall–Kier alpha value is -0.217. The summed E-state index contributed by atoms with van der Waals surface area (Å²) in [5.74, 6) is 0. The summed E-state index contributed by atoms with van der Waals surface area (Å²) in [4.78, 5) is 8.25. The van der Waals surface area contributed by atoms with Crippen molar-refractivity contribution in [1.82, 2.24) is 6.15 Å². The fourth-order valence-corrected chi connectivity index (χ4v) is 0. The number of quaternary nitrogens is 1. The van der Waals surface area contributed by atoms with Crippen LogP contribution >= 0.6 is 0 Å². The van der Waals surface area contributed by atoms with E-state index in [0.29, 0.717) is 0 Å². The minimum Gasteiger partial charge on any atom is -0.369 e. The SMILES string of the molecule is O=[N+]([O-])[O-].[NH4+].[Ru+2]. The van der Waals surface area contributed by atoms with Gasteiger partial charge in [-0.05, 0) is 0 Å². The van der Waals surface area contributed by atoms with Crippen LogP contribution in [0.4, 0.5) is 0 Å². The van der Waals surface area contributed by atoms with Gasteiger partial charge in [0.05, 0.1) is 5.09 Å². The normalized spacial score (nSPS) is 4.00. The third-order valence-corrected chi connectivity index (χ3v) is 0. The van der Waals surface area contributed by atoms with E-state index in [9.17, 15) is 0 Å². The monoisotopic (exact) mass is 182 g/mol. The molecule has 0 aliphatic heterocycles. The van der Waals surface area contributed by atoms with Gasteiger partial charge in [-0.25, -0.2) is 0 Å². The van der Waals surface area contributed by atoms with Crippen LogP contribution in [0.3, 0.4) is 0 Å². The molecular formula is H4N2O3Ru+2. The first-order valence-corrected chi connectivity index (χ1v) is 0.548. The Labute approximate surface area is 46.8 Å². The summed E-state index contributed by atoms with van der Waals surface area (Å²) in [5.41, 5.74) is 0. The molecule has 0 aliphatic rings. The Kier molecular flexibility index (Phi) is 25.2. The maximum absolute atomic E-state index is 8.25. The molecule has 0 bridgehead atoms. The summed E-state index contributed by atoms with van der Waals surface area (Å²) in [6.07, 6.45) is 0. The molecule has 0 unspecified atom stereocenters. The van der Waals surface area contributed by atoms with E-state index in [2.05, 4.69) is 0 Å². The summed E-state index contributed by atoms with van der Waals surface area (Å²) >= 11 is 0. The van der Waals surface area contributed by atoms with Crippen LogP contribution in [0.25, 0.3) is 0 Å². The number of rotatable bonds is 0. The Morgan fingerprint density at radius 2 is 1.33 bits per heavy atom. The number of hydrogen-bond donors (Lipinski definition) is 1. The molecular weight excluding hydrogens is 177 g/mol. The van der Waals surface area contributed by atoms with E-state index in [1.54, 1.807) is 0 Å². The first kappa shape index (κ1) is 17.1. The average Bonchev–Trinajstić information content (AvgIpc) is 0.811. The van der Waals surface area contributed by atoms with Gasteiger partial charge in [0.15, 0.2) is 0 Å². The van der Waals surface area contributed by atoms with Crippen LogP contribution in [0.15, 0.2) is 0 Å². The maximum atomic E-state index is 8.25. The summed E-state index contributed by atoms with van der Waals surface area (Å²) in [6, 6.07) is 0. The molecule has 38 valence electrons. The van der Waals surface area contributed by atoms with Crippen LogP contribution in [0.5, 0.6) is 0 Å². The molecule has 0 aromatic heterocycles. The van der Waals surface area contributed by atoms with Crippen molar-refractivity contribution < 1.29 is 24.6 Å². The minimum absolute atomic E-state index is 0. The quantitative estimate of drug-likeness (QED) is 0.326. The van der Waals surface area contributed by atoms with Gasteiger partial charge in [0.2, 0.25) is 0 Å². The molecule has 5 nitrogen and oxygen atoms in total. The molecule has 0 saturated carbocycles. The summed E-state index contributed by atoms with van der Waals surface area (Å²) in [7, 11) is 0. The first-order valence-electron chi connectivity index (χ1n) is 0.548. The van der Waals surface area contributed by atoms with Crippen LogP contribution in [0.1, 0.15) is 0 Å². The fourth-order valence-electron chi connectivity index (χ4n) is 0. The molecule has 6 heavy (non-hydrogen) atoms. The van der Waals surface area contributed by atoms with Crippen LogP contribution < -0.4 is 6.15 Å². The van der Waals surface area contributed by atoms with E-state index in [1.807, 2.05) is 0 Å². The molecule has 0 fully saturated rings. The predicted octanol–water partition coefficient (Wildman–Crippen LogP) is 0.135. The van der Waals surface area contributed by atoms with Gasteiger partial charge in [0.1, 0.15) is 0 Å². The molecule has 0 amide bonds. The van der Waals surface area contributed by atoms with Gasteiger partial charge in [-0.2, -0.15) is 0 Å². The molecule has 0 saturated heterocycles. The van der Waals surface area contributed by atoms with Crippen molar-refractivity contribution in [1.29, 1.82) is 0 Å². The molecule has 0 heterocycles. The standard InChI is InChI=1S/NO3.H3N.Ru/c2-1(3)4;;/h;1H3;/q-1;;+2/p+1. The topological polar surface area (TPSA) is 103 Å². The largest absolute Gasteiger partial charge is 2.00 e. The Bertz CT molecular complexity index is 31.8. The van der Waals surface area contributed by atoms with Gasteiger partial charge in [-0.15, -0.1) is 0 Å². The van der Waals surface area contributed by atoms with Crippen LogP contribution in [-0.4, -0.2) is 5.09 Å². The van der Waals surface area contributed by atoms with Gasteiger partial charge in [-0.3, -0.25) is 0 Å². The molecule has 0 aromatic rings. The van der Waals surface area contributed by atoms with E-state index >= 15 is 0 Å². The van der Waals surface area contributed by atoms with E-state index in [0.717, 1.165) is 0 Å². The second kappa shape index (κ2) is 8.84. The zero-order chi connectivity index (χ0) is 3.58.